The lowest BCUT2D eigenvalue weighted by Crippen LogP contribution is -2.27. The van der Waals surface area contributed by atoms with Gasteiger partial charge in [0.15, 0.2) is 0 Å². The molecule has 1 amide bonds. The number of hydrogen-bond acceptors (Lipinski definition) is 3. The van der Waals surface area contributed by atoms with Crippen molar-refractivity contribution in [3.63, 3.8) is 0 Å². The van der Waals surface area contributed by atoms with Crippen LogP contribution in [0.1, 0.15) is 28.2 Å². The van der Waals surface area contributed by atoms with Gasteiger partial charge in [-0.25, -0.2) is 0 Å². The second-order valence-corrected chi connectivity index (χ2v) is 6.90. The number of carbonyl (C=O) groups excluding carboxylic acids is 1. The van der Waals surface area contributed by atoms with Gasteiger partial charge in [0.25, 0.3) is 5.91 Å². The van der Waals surface area contributed by atoms with Crippen LogP contribution in [0.15, 0.2) is 83.5 Å². The average Bonchev–Trinajstić information content (AvgIpc) is 3.40. The van der Waals surface area contributed by atoms with Crippen molar-refractivity contribution >= 4 is 16.8 Å². The summed E-state index contributed by atoms with van der Waals surface area (Å²) in [5, 5.41) is 4.08. The number of nitrogens with zero attached hydrogens (tertiary/aromatic N) is 1. The van der Waals surface area contributed by atoms with Gasteiger partial charge in [-0.1, -0.05) is 48.5 Å². The van der Waals surface area contributed by atoms with Crippen LogP contribution < -0.4 is 5.32 Å². The first kappa shape index (κ1) is 19.0. The van der Waals surface area contributed by atoms with Gasteiger partial charge < -0.3 is 19.0 Å². The first-order valence-corrected chi connectivity index (χ1v) is 9.82. The molecule has 0 aliphatic heterocycles. The Labute approximate surface area is 169 Å². The highest BCUT2D eigenvalue weighted by Gasteiger charge is 2.15. The van der Waals surface area contributed by atoms with Gasteiger partial charge in [0.1, 0.15) is 18.1 Å². The molecule has 0 atom stereocenters. The Morgan fingerprint density at radius 1 is 1.00 bits per heavy atom. The van der Waals surface area contributed by atoms with Crippen LogP contribution >= 0.6 is 0 Å². The minimum absolute atomic E-state index is 0.0665. The number of hydrogen-bond donors (Lipinski definition) is 1. The Kier molecular flexibility index (Phi) is 6.07. The number of furan rings is 1. The maximum atomic E-state index is 12.9. The molecule has 4 aromatic rings. The van der Waals surface area contributed by atoms with E-state index in [1.165, 1.54) is 0 Å². The third kappa shape index (κ3) is 4.76. The smallest absolute Gasteiger partial charge is 0.267 e. The summed E-state index contributed by atoms with van der Waals surface area (Å²) in [7, 11) is 0. The van der Waals surface area contributed by atoms with Crippen molar-refractivity contribution in [1.82, 2.24) is 9.88 Å². The number of rotatable bonds is 9. The summed E-state index contributed by atoms with van der Waals surface area (Å²) < 4.78 is 12.9. The van der Waals surface area contributed by atoms with Crippen molar-refractivity contribution < 1.29 is 13.9 Å². The Morgan fingerprint density at radius 3 is 2.66 bits per heavy atom. The van der Waals surface area contributed by atoms with E-state index < -0.39 is 0 Å². The number of para-hydroxylation sites is 1. The third-order valence-electron chi connectivity index (χ3n) is 4.80. The number of carbonyl (C=O) groups is 1. The van der Waals surface area contributed by atoms with Crippen LogP contribution in [-0.4, -0.2) is 23.6 Å². The topological polar surface area (TPSA) is 56.4 Å². The fraction of sp³-hybridized carbons (Fsp3) is 0.208. The van der Waals surface area contributed by atoms with Crippen LogP contribution in [-0.2, 0) is 17.9 Å². The minimum Gasteiger partial charge on any atom is -0.467 e. The molecule has 2 heterocycles. The van der Waals surface area contributed by atoms with Gasteiger partial charge in [0.2, 0.25) is 0 Å². The second-order valence-electron chi connectivity index (χ2n) is 6.90. The molecule has 5 nitrogen and oxygen atoms in total. The van der Waals surface area contributed by atoms with Crippen LogP contribution in [0.3, 0.4) is 0 Å². The minimum atomic E-state index is -0.0665. The molecule has 5 heteroatoms. The maximum absolute atomic E-state index is 12.9. The summed E-state index contributed by atoms with van der Waals surface area (Å²) >= 11 is 0. The largest absolute Gasteiger partial charge is 0.467 e. The van der Waals surface area contributed by atoms with E-state index in [1.54, 1.807) is 6.26 Å². The first-order valence-electron chi connectivity index (χ1n) is 9.82. The van der Waals surface area contributed by atoms with Gasteiger partial charge >= 0.3 is 0 Å². The van der Waals surface area contributed by atoms with Crippen LogP contribution in [0.2, 0.25) is 0 Å². The van der Waals surface area contributed by atoms with Crippen molar-refractivity contribution in [3.05, 3.63) is 96.1 Å². The van der Waals surface area contributed by atoms with E-state index in [0.717, 1.165) is 28.6 Å². The van der Waals surface area contributed by atoms with Crippen molar-refractivity contribution in [2.75, 3.05) is 13.2 Å². The van der Waals surface area contributed by atoms with Crippen LogP contribution in [0.5, 0.6) is 0 Å². The van der Waals surface area contributed by atoms with Crippen LogP contribution in [0, 0.1) is 0 Å². The Bertz CT molecular complexity index is 1050. The maximum Gasteiger partial charge on any atom is 0.267 e. The molecule has 2 aromatic heterocycles. The Balaban J connectivity index is 1.38. The molecule has 0 unspecified atom stereocenters. The Hall–Kier alpha value is -3.31. The van der Waals surface area contributed by atoms with E-state index in [0.29, 0.717) is 32.0 Å². The monoisotopic (exact) mass is 388 g/mol. The van der Waals surface area contributed by atoms with Gasteiger partial charge in [0.05, 0.1) is 6.26 Å². The predicted molar refractivity (Wildman–Crippen MR) is 113 cm³/mol. The lowest BCUT2D eigenvalue weighted by atomic mass is 10.2. The van der Waals surface area contributed by atoms with Crippen LogP contribution in [0.4, 0.5) is 0 Å². The fourth-order valence-corrected chi connectivity index (χ4v) is 3.37. The van der Waals surface area contributed by atoms with Crippen molar-refractivity contribution in [1.29, 1.82) is 0 Å². The molecule has 0 fully saturated rings. The van der Waals surface area contributed by atoms with Crippen molar-refractivity contribution in [2.24, 2.45) is 0 Å². The molecule has 1 N–H and O–H groups in total. The van der Waals surface area contributed by atoms with E-state index >= 15 is 0 Å². The number of fused-ring (bicyclic) bond motifs is 1. The molecule has 0 spiro atoms. The number of ether oxygens (including phenoxy) is 1. The molecule has 0 radical (unpaired) electrons. The molecule has 148 valence electrons. The zero-order valence-corrected chi connectivity index (χ0v) is 16.2. The summed E-state index contributed by atoms with van der Waals surface area (Å²) in [6.07, 6.45) is 2.37. The molecule has 0 saturated carbocycles. The summed E-state index contributed by atoms with van der Waals surface area (Å²) in [5.41, 5.74) is 2.89. The molecule has 2 aromatic carbocycles. The first-order chi connectivity index (χ1) is 14.3. The van der Waals surface area contributed by atoms with E-state index in [-0.39, 0.29) is 5.91 Å². The normalized spacial score (nSPS) is 11.0. The van der Waals surface area contributed by atoms with Gasteiger partial charge in [-0.3, -0.25) is 4.79 Å². The van der Waals surface area contributed by atoms with Gasteiger partial charge in [-0.05, 0) is 36.2 Å². The fourth-order valence-electron chi connectivity index (χ4n) is 3.37. The summed E-state index contributed by atoms with van der Waals surface area (Å²) in [5.74, 6) is 0.739. The van der Waals surface area contributed by atoms with Gasteiger partial charge in [-0.15, -0.1) is 0 Å². The highest BCUT2D eigenvalue weighted by atomic mass is 16.5. The number of benzene rings is 2. The van der Waals surface area contributed by atoms with Crippen molar-refractivity contribution in [2.45, 2.75) is 19.6 Å². The summed E-state index contributed by atoms with van der Waals surface area (Å²) in [4.78, 5) is 12.9. The van der Waals surface area contributed by atoms with E-state index in [9.17, 15) is 4.79 Å². The van der Waals surface area contributed by atoms with E-state index in [1.807, 2.05) is 54.6 Å². The second kappa shape index (κ2) is 9.26. The quantitative estimate of drug-likeness (QED) is 0.426. The molecular formula is C24H24N2O3. The number of amides is 1. The SMILES string of the molecule is O=C(NCCCOCc1ccco1)c1cc2ccccc2n1Cc1ccccc1. The molecule has 0 aliphatic rings. The lowest BCUT2D eigenvalue weighted by Gasteiger charge is -2.11. The molecule has 29 heavy (non-hydrogen) atoms. The molecular weight excluding hydrogens is 364 g/mol. The zero-order valence-electron chi connectivity index (χ0n) is 16.2. The Morgan fingerprint density at radius 2 is 1.83 bits per heavy atom. The number of aromatic nitrogens is 1. The highest BCUT2D eigenvalue weighted by Crippen LogP contribution is 2.21. The third-order valence-corrected chi connectivity index (χ3v) is 4.80. The van der Waals surface area contributed by atoms with E-state index in [4.69, 9.17) is 9.15 Å². The van der Waals surface area contributed by atoms with Gasteiger partial charge in [0, 0.05) is 30.6 Å². The zero-order chi connectivity index (χ0) is 19.9. The molecule has 4 rings (SSSR count). The van der Waals surface area contributed by atoms with E-state index in [2.05, 4.69) is 28.1 Å². The molecule has 0 aliphatic carbocycles. The van der Waals surface area contributed by atoms with Gasteiger partial charge in [-0.2, -0.15) is 0 Å². The number of nitrogens with one attached hydrogen (secondary N) is 1. The summed E-state index contributed by atoms with van der Waals surface area (Å²) in [6.45, 7) is 2.23. The van der Waals surface area contributed by atoms with Crippen LogP contribution in [0.25, 0.3) is 10.9 Å². The summed E-state index contributed by atoms with van der Waals surface area (Å²) in [6, 6.07) is 24.0. The molecule has 0 saturated heterocycles. The average molecular weight is 388 g/mol. The molecule has 0 bridgehead atoms. The van der Waals surface area contributed by atoms with Crippen molar-refractivity contribution in [3.8, 4) is 0 Å². The predicted octanol–water partition coefficient (Wildman–Crippen LogP) is 4.62. The lowest BCUT2D eigenvalue weighted by molar-refractivity contribution is 0.0910. The standard InChI is InChI=1S/C24H24N2O3/c27-24(25-13-7-14-28-18-21-11-6-15-29-21)23-16-20-10-4-5-12-22(20)26(23)17-19-8-2-1-3-9-19/h1-6,8-12,15-16H,7,13-14,17-18H2,(H,25,27). The highest BCUT2D eigenvalue weighted by molar-refractivity contribution is 5.98.